The average Bonchev–Trinajstić information content (AvgIpc) is 3.08. The van der Waals surface area contributed by atoms with Gasteiger partial charge < -0.3 is 16.2 Å². The lowest BCUT2D eigenvalue weighted by Crippen LogP contribution is -2.39. The van der Waals surface area contributed by atoms with E-state index in [0.717, 1.165) is 16.8 Å². The summed E-state index contributed by atoms with van der Waals surface area (Å²) >= 11 is 1.38. The number of amides is 1. The van der Waals surface area contributed by atoms with Crippen molar-refractivity contribution in [2.24, 2.45) is 0 Å². The number of aliphatic hydroxyl groups excluding tert-OH is 1. The fraction of sp³-hybridized carbons (Fsp3) is 0.158. The van der Waals surface area contributed by atoms with Crippen molar-refractivity contribution in [3.05, 3.63) is 71.1 Å². The molecule has 1 atom stereocenters. The van der Waals surface area contributed by atoms with Crippen LogP contribution in [0.15, 0.2) is 60.0 Å². The molecule has 1 aromatic heterocycles. The van der Waals surface area contributed by atoms with Gasteiger partial charge in [-0.25, -0.2) is 4.98 Å². The third-order valence-corrected chi connectivity index (χ3v) is 4.52. The van der Waals surface area contributed by atoms with Crippen LogP contribution in [0, 0.1) is 0 Å². The molecule has 6 heteroatoms. The van der Waals surface area contributed by atoms with Gasteiger partial charge in [-0.15, -0.1) is 11.3 Å². The topological polar surface area (TPSA) is 88.2 Å². The first-order valence-corrected chi connectivity index (χ1v) is 8.81. The van der Waals surface area contributed by atoms with Crippen LogP contribution < -0.4 is 11.1 Å². The van der Waals surface area contributed by atoms with E-state index in [1.807, 2.05) is 47.8 Å². The fourth-order valence-electron chi connectivity index (χ4n) is 2.54. The Labute approximate surface area is 150 Å². The standard InChI is InChI=1S/C19H19N3O2S/c20-19-22-17(12-25-19)14-6-8-15(9-7-14)18(24)21-16(11-23)10-13-4-2-1-3-5-13/h1-9,12,16,23H,10-11H2,(H2,20,22)(H,21,24)/t16-/m1/s1. The molecule has 1 heterocycles. The zero-order valence-electron chi connectivity index (χ0n) is 13.6. The Bertz CT molecular complexity index is 831. The molecule has 0 aliphatic carbocycles. The molecule has 5 nitrogen and oxygen atoms in total. The molecule has 4 N–H and O–H groups in total. The fourth-order valence-corrected chi connectivity index (χ4v) is 3.11. The Morgan fingerprint density at radius 1 is 1.16 bits per heavy atom. The molecule has 1 amide bonds. The first kappa shape index (κ1) is 17.1. The number of anilines is 1. The minimum atomic E-state index is -0.326. The maximum absolute atomic E-state index is 12.4. The van der Waals surface area contributed by atoms with Gasteiger partial charge in [0.1, 0.15) is 0 Å². The Kier molecular flexibility index (Phi) is 5.42. The number of nitrogens with one attached hydrogen (secondary N) is 1. The van der Waals surface area contributed by atoms with Crippen LogP contribution in [-0.4, -0.2) is 28.6 Å². The number of thiazole rings is 1. The minimum absolute atomic E-state index is 0.114. The number of hydrogen-bond donors (Lipinski definition) is 3. The molecule has 3 aromatic rings. The van der Waals surface area contributed by atoms with E-state index in [-0.39, 0.29) is 18.6 Å². The van der Waals surface area contributed by atoms with Crippen molar-refractivity contribution in [2.45, 2.75) is 12.5 Å². The number of aliphatic hydroxyl groups is 1. The Balaban J connectivity index is 1.65. The number of benzene rings is 2. The summed E-state index contributed by atoms with van der Waals surface area (Å²) in [7, 11) is 0. The molecule has 2 aromatic carbocycles. The van der Waals surface area contributed by atoms with E-state index in [0.29, 0.717) is 17.1 Å². The number of hydrogen-bond acceptors (Lipinski definition) is 5. The summed E-state index contributed by atoms with van der Waals surface area (Å²) in [6.45, 7) is -0.114. The highest BCUT2D eigenvalue weighted by Crippen LogP contribution is 2.23. The molecule has 0 aliphatic heterocycles. The lowest BCUT2D eigenvalue weighted by molar-refractivity contribution is 0.0916. The predicted molar refractivity (Wildman–Crippen MR) is 100 cm³/mol. The molecule has 0 aliphatic rings. The molecule has 3 rings (SSSR count). The number of rotatable bonds is 6. The van der Waals surface area contributed by atoms with Crippen LogP contribution in [0.1, 0.15) is 15.9 Å². The Morgan fingerprint density at radius 2 is 1.88 bits per heavy atom. The number of nitrogens with zero attached hydrogens (tertiary/aromatic N) is 1. The summed E-state index contributed by atoms with van der Waals surface area (Å²) in [5, 5.41) is 14.8. The van der Waals surface area contributed by atoms with Crippen molar-refractivity contribution in [3.63, 3.8) is 0 Å². The maximum Gasteiger partial charge on any atom is 0.251 e. The van der Waals surface area contributed by atoms with Gasteiger partial charge in [-0.3, -0.25) is 4.79 Å². The van der Waals surface area contributed by atoms with E-state index in [2.05, 4.69) is 10.3 Å². The zero-order valence-corrected chi connectivity index (χ0v) is 14.4. The van der Waals surface area contributed by atoms with Crippen LogP contribution in [-0.2, 0) is 6.42 Å². The zero-order chi connectivity index (χ0) is 17.6. The second kappa shape index (κ2) is 7.92. The second-order valence-electron chi connectivity index (χ2n) is 5.69. The van der Waals surface area contributed by atoms with E-state index in [9.17, 15) is 9.90 Å². The quantitative estimate of drug-likeness (QED) is 0.636. The van der Waals surface area contributed by atoms with Gasteiger partial charge in [0.05, 0.1) is 18.3 Å². The van der Waals surface area contributed by atoms with E-state index in [1.165, 1.54) is 11.3 Å². The van der Waals surface area contributed by atoms with E-state index >= 15 is 0 Å². The van der Waals surface area contributed by atoms with Crippen molar-refractivity contribution >= 4 is 22.4 Å². The monoisotopic (exact) mass is 353 g/mol. The minimum Gasteiger partial charge on any atom is -0.394 e. The Morgan fingerprint density at radius 3 is 2.48 bits per heavy atom. The lowest BCUT2D eigenvalue weighted by Gasteiger charge is -2.16. The van der Waals surface area contributed by atoms with E-state index in [1.54, 1.807) is 12.1 Å². The van der Waals surface area contributed by atoms with Gasteiger partial charge in [-0.05, 0) is 24.1 Å². The van der Waals surface area contributed by atoms with Crippen LogP contribution in [0.4, 0.5) is 5.13 Å². The molecule has 0 fully saturated rings. The lowest BCUT2D eigenvalue weighted by atomic mass is 10.1. The van der Waals surface area contributed by atoms with Gasteiger partial charge in [0.2, 0.25) is 0 Å². The number of aromatic nitrogens is 1. The van der Waals surface area contributed by atoms with Gasteiger partial charge in [-0.2, -0.15) is 0 Å². The highest BCUT2D eigenvalue weighted by molar-refractivity contribution is 7.13. The smallest absolute Gasteiger partial charge is 0.251 e. The molecule has 25 heavy (non-hydrogen) atoms. The van der Waals surface area contributed by atoms with Crippen molar-refractivity contribution in [1.82, 2.24) is 10.3 Å². The number of nitrogen functional groups attached to an aromatic ring is 1. The first-order chi connectivity index (χ1) is 12.2. The van der Waals surface area contributed by atoms with Gasteiger partial charge >= 0.3 is 0 Å². The molecule has 0 unspecified atom stereocenters. The normalized spacial score (nSPS) is 11.9. The maximum atomic E-state index is 12.4. The summed E-state index contributed by atoms with van der Waals surface area (Å²) in [5.41, 5.74) is 8.96. The van der Waals surface area contributed by atoms with E-state index in [4.69, 9.17) is 5.73 Å². The second-order valence-corrected chi connectivity index (χ2v) is 6.58. The van der Waals surface area contributed by atoms with Crippen molar-refractivity contribution in [3.8, 4) is 11.3 Å². The van der Waals surface area contributed by atoms with Crippen LogP contribution in [0.2, 0.25) is 0 Å². The van der Waals surface area contributed by atoms with E-state index < -0.39 is 0 Å². The molecule has 0 saturated carbocycles. The summed E-state index contributed by atoms with van der Waals surface area (Å²) < 4.78 is 0. The third-order valence-electron chi connectivity index (χ3n) is 3.85. The average molecular weight is 353 g/mol. The van der Waals surface area contributed by atoms with Gasteiger partial charge in [0.15, 0.2) is 5.13 Å². The number of nitrogens with two attached hydrogens (primary N) is 1. The summed E-state index contributed by atoms with van der Waals surface area (Å²) in [6, 6.07) is 16.6. The molecular weight excluding hydrogens is 334 g/mol. The molecule has 0 radical (unpaired) electrons. The predicted octanol–water partition coefficient (Wildman–Crippen LogP) is 2.73. The van der Waals surface area contributed by atoms with Gasteiger partial charge in [-0.1, -0.05) is 42.5 Å². The number of carbonyl (C=O) groups is 1. The molecule has 0 bridgehead atoms. The summed E-state index contributed by atoms with van der Waals surface area (Å²) in [6.07, 6.45) is 0.583. The number of carbonyl (C=O) groups excluding carboxylic acids is 1. The highest BCUT2D eigenvalue weighted by atomic mass is 32.1. The molecule has 128 valence electrons. The highest BCUT2D eigenvalue weighted by Gasteiger charge is 2.14. The SMILES string of the molecule is Nc1nc(-c2ccc(C(=O)N[C@@H](CO)Cc3ccccc3)cc2)cs1. The van der Waals surface area contributed by atoms with Crippen LogP contribution in [0.5, 0.6) is 0 Å². The largest absolute Gasteiger partial charge is 0.394 e. The molecule has 0 spiro atoms. The third kappa shape index (κ3) is 4.43. The van der Waals surface area contributed by atoms with Crippen molar-refractivity contribution < 1.29 is 9.90 Å². The van der Waals surface area contributed by atoms with Crippen LogP contribution in [0.25, 0.3) is 11.3 Å². The molecular formula is C19H19N3O2S. The Hall–Kier alpha value is -2.70. The van der Waals surface area contributed by atoms with Crippen LogP contribution in [0.3, 0.4) is 0 Å². The first-order valence-electron chi connectivity index (χ1n) is 7.93. The van der Waals surface area contributed by atoms with Crippen molar-refractivity contribution in [1.29, 1.82) is 0 Å². The van der Waals surface area contributed by atoms with Gasteiger partial charge in [0.25, 0.3) is 5.91 Å². The van der Waals surface area contributed by atoms with Crippen LogP contribution >= 0.6 is 11.3 Å². The molecule has 0 saturated heterocycles. The summed E-state index contributed by atoms with van der Waals surface area (Å²) in [5.74, 6) is -0.209. The van der Waals surface area contributed by atoms with Gasteiger partial charge in [0, 0.05) is 16.5 Å². The summed E-state index contributed by atoms with van der Waals surface area (Å²) in [4.78, 5) is 16.6. The van der Waals surface area contributed by atoms with Crippen molar-refractivity contribution in [2.75, 3.05) is 12.3 Å².